The number of anilines is 1. The molecule has 5 nitrogen and oxygen atoms in total. The van der Waals surface area contributed by atoms with Gasteiger partial charge in [-0.05, 0) is 43.9 Å². The number of likely N-dealkylation sites (N-methyl/N-ethyl adjacent to an activating group) is 1. The molecule has 0 fully saturated rings. The SMILES string of the molecule is CN(C)C(CNC(=O)CC1Sc2ccccc2NC1=O)c1ccc(F)cc1. The van der Waals surface area contributed by atoms with Crippen LogP contribution in [-0.2, 0) is 9.59 Å². The van der Waals surface area contributed by atoms with Crippen LogP contribution in [0.2, 0.25) is 0 Å². The monoisotopic (exact) mass is 387 g/mol. The number of halogens is 1. The van der Waals surface area contributed by atoms with E-state index in [2.05, 4.69) is 10.6 Å². The van der Waals surface area contributed by atoms with Gasteiger partial charge >= 0.3 is 0 Å². The minimum atomic E-state index is -0.455. The summed E-state index contributed by atoms with van der Waals surface area (Å²) in [6, 6.07) is 13.7. The Morgan fingerprint density at radius 2 is 1.93 bits per heavy atom. The van der Waals surface area contributed by atoms with Gasteiger partial charge in [0.25, 0.3) is 0 Å². The molecule has 0 saturated heterocycles. The lowest BCUT2D eigenvalue weighted by atomic mass is 10.1. The third-order valence-electron chi connectivity index (χ3n) is 4.45. The number of para-hydroxylation sites is 1. The number of carbonyl (C=O) groups is 2. The van der Waals surface area contributed by atoms with E-state index in [0.29, 0.717) is 6.54 Å². The van der Waals surface area contributed by atoms with Gasteiger partial charge < -0.3 is 15.5 Å². The summed E-state index contributed by atoms with van der Waals surface area (Å²) in [6.07, 6.45) is 0.106. The summed E-state index contributed by atoms with van der Waals surface area (Å²) >= 11 is 1.41. The highest BCUT2D eigenvalue weighted by atomic mass is 32.2. The molecule has 2 aromatic carbocycles. The molecule has 0 spiro atoms. The number of benzene rings is 2. The van der Waals surface area contributed by atoms with Crippen molar-refractivity contribution in [1.29, 1.82) is 0 Å². The van der Waals surface area contributed by atoms with E-state index < -0.39 is 5.25 Å². The molecule has 1 aliphatic heterocycles. The third kappa shape index (κ3) is 4.87. The number of hydrogen-bond donors (Lipinski definition) is 2. The topological polar surface area (TPSA) is 61.4 Å². The molecule has 2 unspecified atom stereocenters. The van der Waals surface area contributed by atoms with Crippen molar-refractivity contribution in [3.63, 3.8) is 0 Å². The largest absolute Gasteiger partial charge is 0.354 e. The van der Waals surface area contributed by atoms with Crippen molar-refractivity contribution < 1.29 is 14.0 Å². The molecule has 3 rings (SSSR count). The Morgan fingerprint density at radius 3 is 2.63 bits per heavy atom. The van der Waals surface area contributed by atoms with Crippen LogP contribution >= 0.6 is 11.8 Å². The van der Waals surface area contributed by atoms with Crippen LogP contribution in [0.5, 0.6) is 0 Å². The van der Waals surface area contributed by atoms with Crippen molar-refractivity contribution in [1.82, 2.24) is 10.2 Å². The Morgan fingerprint density at radius 1 is 1.22 bits per heavy atom. The first-order valence-corrected chi connectivity index (χ1v) is 9.57. The zero-order valence-corrected chi connectivity index (χ0v) is 16.1. The first-order chi connectivity index (χ1) is 12.9. The average Bonchev–Trinajstić information content (AvgIpc) is 2.63. The van der Waals surface area contributed by atoms with Gasteiger partial charge in [0.05, 0.1) is 17.0 Å². The number of carbonyl (C=O) groups excluding carboxylic acids is 2. The Hall–Kier alpha value is -2.38. The van der Waals surface area contributed by atoms with Crippen molar-refractivity contribution in [2.24, 2.45) is 0 Å². The number of nitrogens with one attached hydrogen (secondary N) is 2. The average molecular weight is 387 g/mol. The van der Waals surface area contributed by atoms with E-state index in [4.69, 9.17) is 0 Å². The second-order valence-electron chi connectivity index (χ2n) is 6.63. The second kappa shape index (κ2) is 8.54. The Bertz CT molecular complexity index is 826. The highest BCUT2D eigenvalue weighted by Crippen LogP contribution is 2.36. The van der Waals surface area contributed by atoms with Crippen LogP contribution in [0.4, 0.5) is 10.1 Å². The number of nitrogens with zero attached hydrogens (tertiary/aromatic N) is 1. The number of fused-ring (bicyclic) bond motifs is 1. The van der Waals surface area contributed by atoms with E-state index in [1.807, 2.05) is 43.3 Å². The van der Waals surface area contributed by atoms with Crippen molar-refractivity contribution in [3.8, 4) is 0 Å². The quantitative estimate of drug-likeness (QED) is 0.800. The van der Waals surface area contributed by atoms with Crippen LogP contribution < -0.4 is 10.6 Å². The van der Waals surface area contributed by atoms with E-state index in [9.17, 15) is 14.0 Å². The van der Waals surface area contributed by atoms with Gasteiger partial charge in [0.1, 0.15) is 5.82 Å². The predicted molar refractivity (Wildman–Crippen MR) is 105 cm³/mol. The summed E-state index contributed by atoms with van der Waals surface area (Å²) in [4.78, 5) is 27.6. The Balaban J connectivity index is 1.58. The molecule has 1 aliphatic rings. The van der Waals surface area contributed by atoms with Gasteiger partial charge in [0, 0.05) is 17.9 Å². The molecule has 27 heavy (non-hydrogen) atoms. The van der Waals surface area contributed by atoms with E-state index >= 15 is 0 Å². The summed E-state index contributed by atoms with van der Waals surface area (Å²) in [5.41, 5.74) is 1.70. The molecule has 1 heterocycles. The van der Waals surface area contributed by atoms with Gasteiger partial charge in [-0.1, -0.05) is 24.3 Å². The summed E-state index contributed by atoms with van der Waals surface area (Å²) in [5.74, 6) is -0.631. The first kappa shape index (κ1) is 19.4. The normalized spacial score (nSPS) is 17.2. The molecule has 2 amide bonds. The van der Waals surface area contributed by atoms with Gasteiger partial charge in [-0.15, -0.1) is 11.8 Å². The summed E-state index contributed by atoms with van der Waals surface area (Å²) in [7, 11) is 3.81. The summed E-state index contributed by atoms with van der Waals surface area (Å²) in [5, 5.41) is 5.29. The molecule has 2 atom stereocenters. The smallest absolute Gasteiger partial charge is 0.238 e. The van der Waals surface area contributed by atoms with Gasteiger partial charge in [-0.25, -0.2) is 4.39 Å². The maximum absolute atomic E-state index is 13.1. The van der Waals surface area contributed by atoms with Crippen LogP contribution in [0.3, 0.4) is 0 Å². The Kier molecular flexibility index (Phi) is 6.13. The molecule has 7 heteroatoms. The highest BCUT2D eigenvalue weighted by molar-refractivity contribution is 8.01. The molecular formula is C20H22FN3O2S. The molecule has 0 radical (unpaired) electrons. The molecular weight excluding hydrogens is 365 g/mol. The molecule has 2 aromatic rings. The zero-order chi connectivity index (χ0) is 19.4. The zero-order valence-electron chi connectivity index (χ0n) is 15.2. The van der Waals surface area contributed by atoms with Crippen LogP contribution in [0.25, 0.3) is 0 Å². The Labute approximate surface area is 162 Å². The molecule has 2 N–H and O–H groups in total. The maximum Gasteiger partial charge on any atom is 0.238 e. The van der Waals surface area contributed by atoms with Gasteiger partial charge in [-0.2, -0.15) is 0 Å². The van der Waals surface area contributed by atoms with Crippen molar-refractivity contribution in [2.45, 2.75) is 22.6 Å². The van der Waals surface area contributed by atoms with Crippen LogP contribution in [0.15, 0.2) is 53.4 Å². The van der Waals surface area contributed by atoms with Crippen molar-refractivity contribution in [3.05, 3.63) is 59.9 Å². The van der Waals surface area contributed by atoms with Gasteiger partial charge in [-0.3, -0.25) is 9.59 Å². The standard InChI is InChI=1S/C20H22FN3O2S/c1-24(2)16(13-7-9-14(21)10-8-13)12-22-19(25)11-18-20(26)23-15-5-3-4-6-17(15)27-18/h3-10,16,18H,11-12H2,1-2H3,(H,22,25)(H,23,26). The van der Waals surface area contributed by atoms with E-state index in [1.54, 1.807) is 12.1 Å². The fraction of sp³-hybridized carbons (Fsp3) is 0.300. The maximum atomic E-state index is 13.1. The molecule has 0 bridgehead atoms. The molecule has 0 saturated carbocycles. The van der Waals surface area contributed by atoms with Gasteiger partial charge in [0.15, 0.2) is 0 Å². The predicted octanol–water partition coefficient (Wildman–Crippen LogP) is 3.05. The molecule has 0 aromatic heterocycles. The summed E-state index contributed by atoms with van der Waals surface area (Å²) in [6.45, 7) is 0.382. The van der Waals surface area contributed by atoms with E-state index in [-0.39, 0.29) is 30.1 Å². The second-order valence-corrected chi connectivity index (χ2v) is 7.88. The fourth-order valence-corrected chi connectivity index (χ4v) is 4.07. The van der Waals surface area contributed by atoms with Crippen molar-refractivity contribution >= 4 is 29.3 Å². The lowest BCUT2D eigenvalue weighted by molar-refractivity contribution is -0.124. The molecule has 0 aliphatic carbocycles. The van der Waals surface area contributed by atoms with Crippen LogP contribution in [0, 0.1) is 5.82 Å². The lowest BCUT2D eigenvalue weighted by Gasteiger charge is -2.26. The van der Waals surface area contributed by atoms with Crippen molar-refractivity contribution in [2.75, 3.05) is 26.0 Å². The minimum Gasteiger partial charge on any atom is -0.354 e. The number of hydrogen-bond acceptors (Lipinski definition) is 4. The summed E-state index contributed by atoms with van der Waals surface area (Å²) < 4.78 is 13.1. The number of thioether (sulfide) groups is 1. The minimum absolute atomic E-state index is 0.0805. The third-order valence-corrected chi connectivity index (χ3v) is 5.72. The van der Waals surface area contributed by atoms with E-state index in [1.165, 1.54) is 23.9 Å². The number of rotatable bonds is 6. The lowest BCUT2D eigenvalue weighted by Crippen LogP contribution is -2.38. The highest BCUT2D eigenvalue weighted by Gasteiger charge is 2.29. The van der Waals surface area contributed by atoms with Crippen LogP contribution in [0.1, 0.15) is 18.0 Å². The first-order valence-electron chi connectivity index (χ1n) is 8.69. The van der Waals surface area contributed by atoms with Crippen LogP contribution in [-0.4, -0.2) is 42.6 Å². The fourth-order valence-electron chi connectivity index (χ4n) is 2.96. The van der Waals surface area contributed by atoms with E-state index in [0.717, 1.165) is 16.1 Å². The molecule has 142 valence electrons. The van der Waals surface area contributed by atoms with Gasteiger partial charge in [0.2, 0.25) is 11.8 Å². The number of amides is 2.